The van der Waals surface area contributed by atoms with E-state index in [0.717, 1.165) is 4.90 Å². The van der Waals surface area contributed by atoms with E-state index in [0.29, 0.717) is 0 Å². The molecule has 0 fully saturated rings. The fraction of sp³-hybridized carbons (Fsp3) is 0.778. The van der Waals surface area contributed by atoms with E-state index in [4.69, 9.17) is 10.5 Å². The highest BCUT2D eigenvalue weighted by Gasteiger charge is 2.31. The van der Waals surface area contributed by atoms with Crippen LogP contribution in [0.15, 0.2) is 0 Å². The SMILES string of the molecule is COC(O)CCC(NC(=O)[C@H](CO)NC(=O)[C@H](C)N(C)C(=O)OC(C)(C)C)C(N)=O. The fourth-order valence-corrected chi connectivity index (χ4v) is 2.14. The van der Waals surface area contributed by atoms with Gasteiger partial charge in [0, 0.05) is 20.6 Å². The molecule has 0 saturated heterocycles. The number of amides is 4. The molecule has 0 radical (unpaired) electrons. The summed E-state index contributed by atoms with van der Waals surface area (Å²) in [5.74, 6) is -2.43. The number of hydrogen-bond acceptors (Lipinski definition) is 8. The Hall–Kier alpha value is -2.44. The smallest absolute Gasteiger partial charge is 0.410 e. The zero-order chi connectivity index (χ0) is 23.6. The summed E-state index contributed by atoms with van der Waals surface area (Å²) >= 11 is 0. The van der Waals surface area contributed by atoms with Crippen molar-refractivity contribution >= 4 is 23.8 Å². The second-order valence-electron chi connectivity index (χ2n) is 7.74. The first kappa shape index (κ1) is 27.6. The second-order valence-corrected chi connectivity index (χ2v) is 7.74. The number of ether oxygens (including phenoxy) is 2. The van der Waals surface area contributed by atoms with Gasteiger partial charge in [0.1, 0.15) is 23.7 Å². The van der Waals surface area contributed by atoms with E-state index in [1.165, 1.54) is 21.1 Å². The van der Waals surface area contributed by atoms with Gasteiger partial charge in [0.2, 0.25) is 17.7 Å². The Morgan fingerprint density at radius 1 is 1.07 bits per heavy atom. The summed E-state index contributed by atoms with van der Waals surface area (Å²) in [6, 6.07) is -3.54. The van der Waals surface area contributed by atoms with E-state index in [-0.39, 0.29) is 12.8 Å². The summed E-state index contributed by atoms with van der Waals surface area (Å²) in [4.78, 5) is 49.4. The Kier molecular flexibility index (Phi) is 11.3. The average molecular weight is 434 g/mol. The monoisotopic (exact) mass is 434 g/mol. The van der Waals surface area contributed by atoms with Crippen LogP contribution in [0.5, 0.6) is 0 Å². The molecule has 0 bridgehead atoms. The highest BCUT2D eigenvalue weighted by atomic mass is 16.6. The molecule has 0 rings (SSSR count). The number of aliphatic hydroxyl groups is 2. The molecule has 30 heavy (non-hydrogen) atoms. The van der Waals surface area contributed by atoms with Crippen molar-refractivity contribution in [1.82, 2.24) is 15.5 Å². The van der Waals surface area contributed by atoms with Gasteiger partial charge < -0.3 is 36.1 Å². The largest absolute Gasteiger partial charge is 0.444 e. The van der Waals surface area contributed by atoms with E-state index in [2.05, 4.69) is 15.4 Å². The van der Waals surface area contributed by atoms with E-state index < -0.39 is 60.4 Å². The van der Waals surface area contributed by atoms with Gasteiger partial charge in [-0.2, -0.15) is 0 Å². The van der Waals surface area contributed by atoms with E-state index >= 15 is 0 Å². The van der Waals surface area contributed by atoms with Crippen molar-refractivity contribution in [1.29, 1.82) is 0 Å². The van der Waals surface area contributed by atoms with Gasteiger partial charge in [0.15, 0.2) is 6.29 Å². The molecule has 6 N–H and O–H groups in total. The molecule has 4 amide bonds. The van der Waals surface area contributed by atoms with Crippen LogP contribution >= 0.6 is 0 Å². The van der Waals surface area contributed by atoms with Crippen LogP contribution in [-0.2, 0) is 23.9 Å². The van der Waals surface area contributed by atoms with Gasteiger partial charge in [0.05, 0.1) is 6.61 Å². The van der Waals surface area contributed by atoms with Crippen LogP contribution in [0.1, 0.15) is 40.5 Å². The third kappa shape index (κ3) is 9.85. The number of nitrogens with two attached hydrogens (primary N) is 1. The number of aliphatic hydroxyl groups excluding tert-OH is 2. The lowest BCUT2D eigenvalue weighted by Gasteiger charge is -2.29. The first-order chi connectivity index (χ1) is 13.7. The predicted octanol–water partition coefficient (Wildman–Crippen LogP) is -1.57. The maximum atomic E-state index is 12.4. The lowest BCUT2D eigenvalue weighted by Crippen LogP contribution is -2.57. The van der Waals surface area contributed by atoms with Crippen LogP contribution in [0.4, 0.5) is 4.79 Å². The molecule has 2 unspecified atom stereocenters. The Morgan fingerprint density at radius 3 is 2.03 bits per heavy atom. The Morgan fingerprint density at radius 2 is 1.60 bits per heavy atom. The maximum Gasteiger partial charge on any atom is 0.410 e. The molecule has 0 aliphatic carbocycles. The van der Waals surface area contributed by atoms with Gasteiger partial charge in [-0.25, -0.2) is 4.79 Å². The van der Waals surface area contributed by atoms with Crippen molar-refractivity contribution in [3.63, 3.8) is 0 Å². The maximum absolute atomic E-state index is 12.4. The van der Waals surface area contributed by atoms with Crippen LogP contribution in [0.25, 0.3) is 0 Å². The lowest BCUT2D eigenvalue weighted by molar-refractivity contribution is -0.134. The summed E-state index contributed by atoms with van der Waals surface area (Å²) in [5.41, 5.74) is 4.49. The molecule has 4 atom stereocenters. The zero-order valence-corrected chi connectivity index (χ0v) is 18.3. The fourth-order valence-electron chi connectivity index (χ4n) is 2.14. The average Bonchev–Trinajstić information content (AvgIpc) is 2.65. The molecule has 0 aromatic heterocycles. The summed E-state index contributed by atoms with van der Waals surface area (Å²) < 4.78 is 9.84. The molecule has 12 heteroatoms. The predicted molar refractivity (Wildman–Crippen MR) is 106 cm³/mol. The summed E-state index contributed by atoms with van der Waals surface area (Å²) in [6.45, 7) is 5.69. The first-order valence-corrected chi connectivity index (χ1v) is 9.41. The van der Waals surface area contributed by atoms with Crippen molar-refractivity contribution < 1.29 is 38.9 Å². The molecule has 12 nitrogen and oxygen atoms in total. The van der Waals surface area contributed by atoms with Gasteiger partial charge in [-0.15, -0.1) is 0 Å². The highest BCUT2D eigenvalue weighted by molar-refractivity contribution is 5.93. The Balaban J connectivity index is 4.98. The Labute approximate surface area is 176 Å². The number of methoxy groups -OCH3 is 1. The third-order valence-electron chi connectivity index (χ3n) is 4.09. The minimum atomic E-state index is -1.39. The molecular formula is C18H34N4O8. The highest BCUT2D eigenvalue weighted by Crippen LogP contribution is 2.11. The zero-order valence-electron chi connectivity index (χ0n) is 18.3. The molecule has 0 aromatic rings. The van der Waals surface area contributed by atoms with Gasteiger partial charge in [-0.05, 0) is 34.1 Å². The van der Waals surface area contributed by atoms with Gasteiger partial charge in [0.25, 0.3) is 0 Å². The number of likely N-dealkylation sites (N-methyl/N-ethyl adjacent to an activating group) is 1. The van der Waals surface area contributed by atoms with Crippen molar-refractivity contribution in [3.8, 4) is 0 Å². The number of rotatable bonds is 11. The minimum Gasteiger partial charge on any atom is -0.444 e. The molecular weight excluding hydrogens is 400 g/mol. The summed E-state index contributed by atoms with van der Waals surface area (Å²) in [7, 11) is 2.63. The number of nitrogens with zero attached hydrogens (tertiary/aromatic N) is 1. The van der Waals surface area contributed by atoms with E-state index in [1.807, 2.05) is 0 Å². The molecule has 0 heterocycles. The van der Waals surface area contributed by atoms with Gasteiger partial charge >= 0.3 is 6.09 Å². The van der Waals surface area contributed by atoms with Crippen LogP contribution in [-0.4, -0.2) is 89.7 Å². The lowest BCUT2D eigenvalue weighted by atomic mass is 10.1. The quantitative estimate of drug-likeness (QED) is 0.242. The molecule has 0 aliphatic rings. The summed E-state index contributed by atoms with van der Waals surface area (Å²) in [5, 5.41) is 23.5. The van der Waals surface area contributed by atoms with E-state index in [9.17, 15) is 29.4 Å². The summed E-state index contributed by atoms with van der Waals surface area (Å²) in [6.07, 6.45) is -1.86. The Bertz CT molecular complexity index is 607. The topological polar surface area (TPSA) is 181 Å². The molecule has 174 valence electrons. The number of carbonyl (C=O) groups is 4. The first-order valence-electron chi connectivity index (χ1n) is 9.41. The van der Waals surface area contributed by atoms with Crippen LogP contribution < -0.4 is 16.4 Å². The minimum absolute atomic E-state index is 0.0139. The number of primary amides is 1. The van der Waals surface area contributed by atoms with Crippen LogP contribution in [0.3, 0.4) is 0 Å². The number of carbonyl (C=O) groups excluding carboxylic acids is 4. The number of hydrogen-bond donors (Lipinski definition) is 5. The van der Waals surface area contributed by atoms with Crippen molar-refractivity contribution in [2.75, 3.05) is 20.8 Å². The van der Waals surface area contributed by atoms with Gasteiger partial charge in [-0.3, -0.25) is 19.3 Å². The molecule has 0 aliphatic heterocycles. The van der Waals surface area contributed by atoms with Crippen molar-refractivity contribution in [2.45, 2.75) is 70.6 Å². The standard InChI is InChI=1S/C18H34N4O8/c1-10(22(5)17(28)30-18(2,3)4)15(26)21-12(9-23)16(27)20-11(14(19)25)7-8-13(24)29-6/h10-13,23-24H,7-9H2,1-6H3,(H2,19,25)(H,20,27)(H,21,26)/t10-,11?,12-,13?/m0/s1. The van der Waals surface area contributed by atoms with Crippen molar-refractivity contribution in [3.05, 3.63) is 0 Å². The van der Waals surface area contributed by atoms with E-state index in [1.54, 1.807) is 20.8 Å². The van der Waals surface area contributed by atoms with Crippen LogP contribution in [0.2, 0.25) is 0 Å². The third-order valence-corrected chi connectivity index (χ3v) is 4.09. The molecule has 0 saturated carbocycles. The molecule has 0 aromatic carbocycles. The normalized spacial score (nSPS) is 15.3. The molecule has 0 spiro atoms. The second kappa shape index (κ2) is 12.3. The van der Waals surface area contributed by atoms with Crippen molar-refractivity contribution in [2.24, 2.45) is 5.73 Å². The van der Waals surface area contributed by atoms with Crippen LogP contribution in [0, 0.1) is 0 Å². The number of nitrogens with one attached hydrogen (secondary N) is 2. The van der Waals surface area contributed by atoms with Gasteiger partial charge in [-0.1, -0.05) is 0 Å².